The Kier molecular flexibility index (Phi) is 7.76. The zero-order valence-corrected chi connectivity index (χ0v) is 21.7. The van der Waals surface area contributed by atoms with Crippen LogP contribution in [0.5, 0.6) is 0 Å². The van der Waals surface area contributed by atoms with E-state index < -0.39 is 12.0 Å². The van der Waals surface area contributed by atoms with Gasteiger partial charge in [0.05, 0.1) is 6.10 Å². The Morgan fingerprint density at radius 2 is 1.90 bits per heavy atom. The van der Waals surface area contributed by atoms with E-state index in [1.165, 1.54) is 0 Å². The minimum atomic E-state index is -0.676. The van der Waals surface area contributed by atoms with Crippen molar-refractivity contribution in [1.29, 1.82) is 0 Å². The number of hydrazine groups is 1. The largest absolute Gasteiger partial charge is 0.388 e. The van der Waals surface area contributed by atoms with Gasteiger partial charge in [0, 0.05) is 37.2 Å². The molecule has 2 amide bonds. The molecule has 10 nitrogen and oxygen atoms in total. The van der Waals surface area contributed by atoms with E-state index in [4.69, 9.17) is 5.73 Å². The number of nitrogens with one attached hydrogen (secondary N) is 1. The van der Waals surface area contributed by atoms with Crippen molar-refractivity contribution in [3.63, 3.8) is 0 Å². The van der Waals surface area contributed by atoms with E-state index in [2.05, 4.69) is 20.6 Å². The number of carbonyl (C=O) groups excluding carboxylic acids is 2. The maximum Gasteiger partial charge on any atom is 0.248 e. The van der Waals surface area contributed by atoms with Gasteiger partial charge in [0.25, 0.3) is 0 Å². The van der Waals surface area contributed by atoms with Gasteiger partial charge in [-0.25, -0.2) is 5.01 Å². The molecule has 1 saturated heterocycles. The molecule has 200 valence electrons. The van der Waals surface area contributed by atoms with Gasteiger partial charge in [-0.05, 0) is 71.0 Å². The van der Waals surface area contributed by atoms with Crippen molar-refractivity contribution in [2.45, 2.75) is 32.3 Å². The number of hydrogen-bond acceptors (Lipinski definition) is 7. The van der Waals surface area contributed by atoms with Gasteiger partial charge in [0.1, 0.15) is 0 Å². The molecule has 0 spiro atoms. The minimum Gasteiger partial charge on any atom is -0.388 e. The van der Waals surface area contributed by atoms with Crippen LogP contribution >= 0.6 is 0 Å². The Morgan fingerprint density at radius 3 is 2.62 bits per heavy atom. The highest BCUT2D eigenvalue weighted by atomic mass is 16.3. The van der Waals surface area contributed by atoms with Crippen molar-refractivity contribution >= 4 is 11.8 Å². The molecule has 5 rings (SSSR count). The number of carbonyl (C=O) groups is 2. The van der Waals surface area contributed by atoms with Gasteiger partial charge in [-0.3, -0.25) is 14.6 Å². The molecule has 0 unspecified atom stereocenters. The molecule has 1 aromatic heterocycles. The first-order valence-electron chi connectivity index (χ1n) is 13.0. The summed E-state index contributed by atoms with van der Waals surface area (Å²) in [6.07, 6.45) is 1.01. The molecule has 4 aromatic rings. The fraction of sp³-hybridized carbons (Fsp3) is 0.276. The van der Waals surface area contributed by atoms with Crippen LogP contribution in [0.3, 0.4) is 0 Å². The van der Waals surface area contributed by atoms with Gasteiger partial charge in [-0.15, -0.1) is 10.2 Å². The summed E-state index contributed by atoms with van der Waals surface area (Å²) in [5.41, 5.74) is 11.6. The smallest absolute Gasteiger partial charge is 0.248 e. The van der Waals surface area contributed by atoms with Gasteiger partial charge in [-0.2, -0.15) is 5.21 Å². The van der Waals surface area contributed by atoms with Crippen molar-refractivity contribution in [2.24, 2.45) is 5.73 Å². The van der Waals surface area contributed by atoms with Crippen molar-refractivity contribution in [3.05, 3.63) is 89.0 Å². The lowest BCUT2D eigenvalue weighted by Crippen LogP contribution is -2.41. The molecule has 2 heterocycles. The van der Waals surface area contributed by atoms with Crippen molar-refractivity contribution in [2.75, 3.05) is 19.6 Å². The number of aliphatic hydroxyl groups excluding tert-OH is 1. The van der Waals surface area contributed by atoms with Crippen molar-refractivity contribution in [3.8, 4) is 22.5 Å². The van der Waals surface area contributed by atoms with Crippen LogP contribution in [0, 0.1) is 6.92 Å². The first kappa shape index (κ1) is 26.2. The average molecular weight is 526 g/mol. The SMILES string of the molecule is Cc1cc(C(N)=O)ccc1-c1cccc([C@H](O)CCN2CCC(=O)N2CCc2ccc(-c3nn[nH]n3)cc2)c1. The number of tetrazole rings is 1. The van der Waals surface area contributed by atoms with E-state index in [0.717, 1.165) is 33.4 Å². The number of H-pyrrole nitrogens is 1. The van der Waals surface area contributed by atoms with Crippen LogP contribution in [0.2, 0.25) is 0 Å². The highest BCUT2D eigenvalue weighted by Gasteiger charge is 2.28. The highest BCUT2D eigenvalue weighted by molar-refractivity contribution is 5.93. The Bertz CT molecular complexity index is 1450. The zero-order chi connectivity index (χ0) is 27.4. The molecule has 0 radical (unpaired) electrons. The van der Waals surface area contributed by atoms with E-state index in [1.807, 2.05) is 66.5 Å². The van der Waals surface area contributed by atoms with Crippen LogP contribution in [-0.2, 0) is 11.2 Å². The van der Waals surface area contributed by atoms with Crippen molar-refractivity contribution < 1.29 is 14.7 Å². The number of aryl methyl sites for hydroxylation is 1. The number of aliphatic hydroxyl groups is 1. The summed E-state index contributed by atoms with van der Waals surface area (Å²) in [5, 5.41) is 28.9. The Labute approximate surface area is 226 Å². The zero-order valence-electron chi connectivity index (χ0n) is 21.7. The second-order valence-electron chi connectivity index (χ2n) is 9.73. The molecule has 3 aromatic carbocycles. The predicted molar refractivity (Wildman–Crippen MR) is 146 cm³/mol. The first-order chi connectivity index (χ1) is 18.9. The van der Waals surface area contributed by atoms with E-state index in [0.29, 0.717) is 50.3 Å². The normalized spacial score (nSPS) is 14.6. The molecular formula is C29H31N7O3. The first-order valence-corrected chi connectivity index (χ1v) is 13.0. The number of aromatic amines is 1. The Morgan fingerprint density at radius 1 is 1.08 bits per heavy atom. The van der Waals surface area contributed by atoms with Gasteiger partial charge in [0.15, 0.2) is 0 Å². The van der Waals surface area contributed by atoms with E-state index in [1.54, 1.807) is 17.1 Å². The van der Waals surface area contributed by atoms with Crippen LogP contribution in [0.4, 0.5) is 0 Å². The van der Waals surface area contributed by atoms with Crippen LogP contribution in [0.1, 0.15) is 46.0 Å². The lowest BCUT2D eigenvalue weighted by atomic mass is 9.95. The van der Waals surface area contributed by atoms with Gasteiger partial charge in [-0.1, -0.05) is 48.5 Å². The number of benzene rings is 3. The van der Waals surface area contributed by atoms with E-state index >= 15 is 0 Å². The molecule has 0 bridgehead atoms. The topological polar surface area (TPSA) is 141 Å². The monoisotopic (exact) mass is 525 g/mol. The molecule has 0 saturated carbocycles. The van der Waals surface area contributed by atoms with Gasteiger partial charge in [0.2, 0.25) is 17.6 Å². The third-order valence-electron chi connectivity index (χ3n) is 7.14. The third-order valence-corrected chi connectivity index (χ3v) is 7.14. The molecule has 10 heteroatoms. The second kappa shape index (κ2) is 11.5. The van der Waals surface area contributed by atoms with E-state index in [9.17, 15) is 14.7 Å². The third kappa shape index (κ3) is 6.02. The Hall–Kier alpha value is -4.41. The van der Waals surface area contributed by atoms with Gasteiger partial charge >= 0.3 is 0 Å². The fourth-order valence-corrected chi connectivity index (χ4v) is 4.96. The number of amides is 2. The standard InChI is InChI=1S/C29H31N7O3/c1-19-17-24(28(30)39)9-10-25(19)22-3-2-4-23(18-22)26(37)12-14-35-15-13-27(38)36(35)16-11-20-5-7-21(8-6-20)29-31-33-34-32-29/h2-10,17-18,26,37H,11-16H2,1H3,(H2,30,39)(H,31,32,33,34)/t26-/m1/s1. The molecule has 0 aliphatic carbocycles. The summed E-state index contributed by atoms with van der Waals surface area (Å²) in [7, 11) is 0. The minimum absolute atomic E-state index is 0.102. The number of rotatable bonds is 10. The number of aromatic nitrogens is 4. The fourth-order valence-electron chi connectivity index (χ4n) is 4.96. The maximum atomic E-state index is 12.6. The summed E-state index contributed by atoms with van der Waals surface area (Å²) in [5.74, 6) is 0.189. The summed E-state index contributed by atoms with van der Waals surface area (Å²) >= 11 is 0. The maximum absolute atomic E-state index is 12.6. The lowest BCUT2D eigenvalue weighted by Gasteiger charge is -2.29. The van der Waals surface area contributed by atoms with Crippen LogP contribution in [-0.4, -0.2) is 67.2 Å². The molecular weight excluding hydrogens is 494 g/mol. The van der Waals surface area contributed by atoms with Crippen molar-refractivity contribution in [1.82, 2.24) is 30.6 Å². The molecule has 1 aliphatic heterocycles. The van der Waals surface area contributed by atoms with Crippen LogP contribution in [0.15, 0.2) is 66.7 Å². The number of hydrogen-bond donors (Lipinski definition) is 3. The molecule has 1 fully saturated rings. The molecule has 39 heavy (non-hydrogen) atoms. The molecule has 1 atom stereocenters. The summed E-state index contributed by atoms with van der Waals surface area (Å²) < 4.78 is 0. The lowest BCUT2D eigenvalue weighted by molar-refractivity contribution is -0.138. The highest BCUT2D eigenvalue weighted by Crippen LogP contribution is 2.28. The molecule has 4 N–H and O–H groups in total. The number of primary amides is 1. The van der Waals surface area contributed by atoms with Crippen LogP contribution in [0.25, 0.3) is 22.5 Å². The molecule has 1 aliphatic rings. The number of nitrogens with two attached hydrogens (primary N) is 1. The summed E-state index contributed by atoms with van der Waals surface area (Å²) in [6, 6.07) is 21.1. The average Bonchev–Trinajstić information content (AvgIpc) is 3.61. The predicted octanol–water partition coefficient (Wildman–Crippen LogP) is 3.06. The summed E-state index contributed by atoms with van der Waals surface area (Å²) in [4.78, 5) is 24.1. The Balaban J connectivity index is 1.19. The quantitative estimate of drug-likeness (QED) is 0.289. The van der Waals surface area contributed by atoms with Gasteiger partial charge < -0.3 is 10.8 Å². The van der Waals surface area contributed by atoms with Crippen LogP contribution < -0.4 is 5.73 Å². The summed E-state index contributed by atoms with van der Waals surface area (Å²) in [6.45, 7) is 3.73. The van der Waals surface area contributed by atoms with E-state index in [-0.39, 0.29) is 5.91 Å². The number of nitrogens with zero attached hydrogens (tertiary/aromatic N) is 5. The second-order valence-corrected chi connectivity index (χ2v) is 9.73.